The molecule has 0 aliphatic heterocycles. The Morgan fingerprint density at radius 1 is 1.17 bits per heavy atom. The fourth-order valence-corrected chi connectivity index (χ4v) is 2.57. The quantitative estimate of drug-likeness (QED) is 0.563. The fourth-order valence-electron chi connectivity index (χ4n) is 1.71. The summed E-state index contributed by atoms with van der Waals surface area (Å²) in [6.45, 7) is -0.197. The molecule has 5 nitrogen and oxygen atoms in total. The Kier molecular flexibility index (Phi) is 6.78. The molecule has 2 aromatic carbocycles. The third kappa shape index (κ3) is 5.63. The van der Waals surface area contributed by atoms with Gasteiger partial charge in [0.05, 0.1) is 17.8 Å². The average molecular weight is 429 g/mol. The lowest BCUT2D eigenvalue weighted by molar-refractivity contribution is -0.120. The second-order valence-electron chi connectivity index (χ2n) is 4.65. The number of hydrazone groups is 1. The largest absolute Gasteiger partial charge is 0.343 e. The van der Waals surface area contributed by atoms with Gasteiger partial charge < -0.3 is 5.32 Å². The Morgan fingerprint density at radius 3 is 2.67 bits per heavy atom. The van der Waals surface area contributed by atoms with Crippen molar-refractivity contribution < 1.29 is 9.59 Å². The van der Waals surface area contributed by atoms with E-state index in [1.165, 1.54) is 6.21 Å². The van der Waals surface area contributed by atoms with E-state index in [0.717, 1.165) is 4.47 Å². The standard InChI is InChI=1S/C16H12BrCl2N3O2/c17-12-3-1-2-10(6-12)16(24)20-9-15(23)22-21-8-11-4-5-13(18)7-14(11)19/h1-8H,9H2,(H,20,24)(H,22,23)/b21-8+. The molecule has 8 heteroatoms. The summed E-state index contributed by atoms with van der Waals surface area (Å²) >= 11 is 15.0. The Morgan fingerprint density at radius 2 is 1.96 bits per heavy atom. The van der Waals surface area contributed by atoms with Crippen LogP contribution in [0.4, 0.5) is 0 Å². The summed E-state index contributed by atoms with van der Waals surface area (Å²) in [6.07, 6.45) is 1.40. The molecular formula is C16H12BrCl2N3O2. The smallest absolute Gasteiger partial charge is 0.259 e. The van der Waals surface area contributed by atoms with E-state index in [9.17, 15) is 9.59 Å². The first-order valence-corrected chi connectivity index (χ1v) is 8.31. The first kappa shape index (κ1) is 18.4. The summed E-state index contributed by atoms with van der Waals surface area (Å²) in [6, 6.07) is 11.8. The Balaban J connectivity index is 1.83. The van der Waals surface area contributed by atoms with Gasteiger partial charge in [-0.1, -0.05) is 51.3 Å². The van der Waals surface area contributed by atoms with Gasteiger partial charge in [-0.3, -0.25) is 9.59 Å². The third-order valence-corrected chi connectivity index (χ3v) is 3.91. The van der Waals surface area contributed by atoms with Crippen molar-refractivity contribution in [2.24, 2.45) is 5.10 Å². The van der Waals surface area contributed by atoms with Crippen molar-refractivity contribution in [3.05, 3.63) is 68.1 Å². The molecule has 0 fully saturated rings. The maximum atomic E-state index is 11.9. The highest BCUT2D eigenvalue weighted by Crippen LogP contribution is 2.19. The van der Waals surface area contributed by atoms with Gasteiger partial charge in [-0.05, 0) is 30.3 Å². The van der Waals surface area contributed by atoms with Crippen LogP contribution in [0.2, 0.25) is 10.0 Å². The van der Waals surface area contributed by atoms with Crippen LogP contribution in [-0.2, 0) is 4.79 Å². The molecule has 24 heavy (non-hydrogen) atoms. The highest BCUT2D eigenvalue weighted by atomic mass is 79.9. The van der Waals surface area contributed by atoms with Crippen LogP contribution in [0.3, 0.4) is 0 Å². The average Bonchev–Trinajstić information content (AvgIpc) is 2.54. The normalized spacial score (nSPS) is 10.6. The second-order valence-corrected chi connectivity index (χ2v) is 6.41. The van der Waals surface area contributed by atoms with Crippen LogP contribution < -0.4 is 10.7 Å². The SMILES string of the molecule is O=C(CNC(=O)c1cccc(Br)c1)N/N=C/c1ccc(Cl)cc1Cl. The molecule has 0 spiro atoms. The van der Waals surface area contributed by atoms with E-state index in [1.807, 2.05) is 0 Å². The molecule has 0 heterocycles. The van der Waals surface area contributed by atoms with Crippen molar-refractivity contribution in [2.75, 3.05) is 6.54 Å². The number of nitrogens with one attached hydrogen (secondary N) is 2. The van der Waals surface area contributed by atoms with Gasteiger partial charge in [0, 0.05) is 20.6 Å². The van der Waals surface area contributed by atoms with Crippen molar-refractivity contribution in [2.45, 2.75) is 0 Å². The first-order chi connectivity index (χ1) is 11.5. The number of halogens is 3. The Hall–Kier alpha value is -1.89. The van der Waals surface area contributed by atoms with Crippen LogP contribution in [0.25, 0.3) is 0 Å². The number of amides is 2. The minimum absolute atomic E-state index is 0.197. The van der Waals surface area contributed by atoms with E-state index >= 15 is 0 Å². The van der Waals surface area contributed by atoms with Crippen LogP contribution in [0.1, 0.15) is 15.9 Å². The molecule has 0 unspecified atom stereocenters. The van der Waals surface area contributed by atoms with Gasteiger partial charge >= 0.3 is 0 Å². The lowest BCUT2D eigenvalue weighted by Gasteiger charge is -2.04. The lowest BCUT2D eigenvalue weighted by atomic mass is 10.2. The van der Waals surface area contributed by atoms with Crippen LogP contribution in [0, 0.1) is 0 Å². The molecule has 0 bridgehead atoms. The van der Waals surface area contributed by atoms with E-state index in [-0.39, 0.29) is 12.5 Å². The summed E-state index contributed by atoms with van der Waals surface area (Å²) in [4.78, 5) is 23.6. The molecule has 124 valence electrons. The third-order valence-electron chi connectivity index (χ3n) is 2.85. The molecular weight excluding hydrogens is 417 g/mol. The zero-order valence-electron chi connectivity index (χ0n) is 12.2. The molecule has 0 radical (unpaired) electrons. The van der Waals surface area contributed by atoms with Crippen molar-refractivity contribution in [3.63, 3.8) is 0 Å². The van der Waals surface area contributed by atoms with E-state index in [2.05, 4.69) is 31.8 Å². The molecule has 0 atom stereocenters. The number of carbonyl (C=O) groups is 2. The van der Waals surface area contributed by atoms with Gasteiger partial charge in [-0.2, -0.15) is 5.10 Å². The van der Waals surface area contributed by atoms with Gasteiger partial charge in [-0.25, -0.2) is 5.43 Å². The van der Waals surface area contributed by atoms with Crippen molar-refractivity contribution >= 4 is 57.2 Å². The molecule has 2 N–H and O–H groups in total. The minimum atomic E-state index is -0.459. The van der Waals surface area contributed by atoms with Gasteiger partial charge in [-0.15, -0.1) is 0 Å². The zero-order valence-corrected chi connectivity index (χ0v) is 15.3. The number of rotatable bonds is 5. The highest BCUT2D eigenvalue weighted by molar-refractivity contribution is 9.10. The summed E-state index contributed by atoms with van der Waals surface area (Å²) < 4.78 is 0.782. The van der Waals surface area contributed by atoms with Crippen molar-refractivity contribution in [3.8, 4) is 0 Å². The number of hydrogen-bond acceptors (Lipinski definition) is 3. The number of carbonyl (C=O) groups excluding carboxylic acids is 2. The summed E-state index contributed by atoms with van der Waals surface area (Å²) in [5.74, 6) is -0.809. The predicted octanol–water partition coefficient (Wildman–Crippen LogP) is 3.64. The maximum Gasteiger partial charge on any atom is 0.259 e. The molecule has 0 aromatic heterocycles. The van der Waals surface area contributed by atoms with Crippen molar-refractivity contribution in [1.82, 2.24) is 10.7 Å². The number of benzene rings is 2. The summed E-state index contributed by atoms with van der Waals surface area (Å²) in [7, 11) is 0. The molecule has 0 saturated heterocycles. The van der Waals surface area contributed by atoms with Crippen LogP contribution in [0.15, 0.2) is 52.0 Å². The first-order valence-electron chi connectivity index (χ1n) is 6.76. The molecule has 0 saturated carbocycles. The zero-order chi connectivity index (χ0) is 17.5. The van der Waals surface area contributed by atoms with Gasteiger partial charge in [0.1, 0.15) is 0 Å². The highest BCUT2D eigenvalue weighted by Gasteiger charge is 2.07. The van der Waals surface area contributed by atoms with Gasteiger partial charge in [0.15, 0.2) is 0 Å². The molecule has 0 aliphatic carbocycles. The van der Waals surface area contributed by atoms with Crippen LogP contribution >= 0.6 is 39.1 Å². The summed E-state index contributed by atoms with van der Waals surface area (Å²) in [5, 5.41) is 7.22. The van der Waals surface area contributed by atoms with E-state index < -0.39 is 5.91 Å². The van der Waals surface area contributed by atoms with Gasteiger partial charge in [0.25, 0.3) is 11.8 Å². The second kappa shape index (κ2) is 8.82. The van der Waals surface area contributed by atoms with E-state index in [0.29, 0.717) is 21.2 Å². The molecule has 2 amide bonds. The van der Waals surface area contributed by atoms with Crippen LogP contribution in [0.5, 0.6) is 0 Å². The summed E-state index contributed by atoms with van der Waals surface area (Å²) in [5.41, 5.74) is 3.37. The molecule has 0 aliphatic rings. The maximum absolute atomic E-state index is 11.9. The number of hydrogen-bond donors (Lipinski definition) is 2. The van der Waals surface area contributed by atoms with Crippen LogP contribution in [-0.4, -0.2) is 24.6 Å². The lowest BCUT2D eigenvalue weighted by Crippen LogP contribution is -2.34. The Labute approximate surface area is 157 Å². The Bertz CT molecular complexity index is 797. The molecule has 2 aromatic rings. The van der Waals surface area contributed by atoms with Crippen molar-refractivity contribution in [1.29, 1.82) is 0 Å². The monoisotopic (exact) mass is 427 g/mol. The topological polar surface area (TPSA) is 70.6 Å². The van der Waals surface area contributed by atoms with E-state index in [4.69, 9.17) is 23.2 Å². The van der Waals surface area contributed by atoms with Gasteiger partial charge in [0.2, 0.25) is 0 Å². The number of nitrogens with zero attached hydrogens (tertiary/aromatic N) is 1. The predicted molar refractivity (Wildman–Crippen MR) is 98.7 cm³/mol. The molecule has 2 rings (SSSR count). The van der Waals surface area contributed by atoms with E-state index in [1.54, 1.807) is 42.5 Å². The minimum Gasteiger partial charge on any atom is -0.343 e. The fraction of sp³-hybridized carbons (Fsp3) is 0.0625.